The van der Waals surface area contributed by atoms with Gasteiger partial charge in [-0.05, 0) is 31.4 Å². The van der Waals surface area contributed by atoms with E-state index in [0.717, 1.165) is 37.7 Å². The van der Waals surface area contributed by atoms with Crippen LogP contribution in [0, 0.1) is 6.92 Å². The van der Waals surface area contributed by atoms with E-state index in [1.54, 1.807) is 11.9 Å². The summed E-state index contributed by atoms with van der Waals surface area (Å²) in [4.78, 5) is 25.7. The second-order valence-electron chi connectivity index (χ2n) is 6.03. The van der Waals surface area contributed by atoms with Gasteiger partial charge in [-0.2, -0.15) is 0 Å². The van der Waals surface area contributed by atoms with Crippen molar-refractivity contribution in [3.05, 3.63) is 35.4 Å². The SMILES string of the molecule is Cc1ccccc1C(=O)N(C)C1(CC(=O)O)CCCCC1. The van der Waals surface area contributed by atoms with Gasteiger partial charge < -0.3 is 10.0 Å². The Morgan fingerprint density at radius 3 is 2.38 bits per heavy atom. The molecule has 0 saturated heterocycles. The van der Waals surface area contributed by atoms with Gasteiger partial charge in [0.15, 0.2) is 0 Å². The summed E-state index contributed by atoms with van der Waals surface area (Å²) < 4.78 is 0. The molecule has 1 aromatic rings. The van der Waals surface area contributed by atoms with Crippen LogP contribution in [0.4, 0.5) is 0 Å². The van der Waals surface area contributed by atoms with Gasteiger partial charge in [0, 0.05) is 12.6 Å². The highest BCUT2D eigenvalue weighted by molar-refractivity contribution is 5.96. The monoisotopic (exact) mass is 289 g/mol. The van der Waals surface area contributed by atoms with Crippen LogP contribution >= 0.6 is 0 Å². The molecule has 0 radical (unpaired) electrons. The number of rotatable bonds is 4. The molecule has 0 bridgehead atoms. The van der Waals surface area contributed by atoms with Crippen LogP contribution in [0.3, 0.4) is 0 Å². The Balaban J connectivity index is 2.29. The summed E-state index contributed by atoms with van der Waals surface area (Å²) in [6, 6.07) is 7.47. The number of carboxylic acids is 1. The van der Waals surface area contributed by atoms with E-state index in [2.05, 4.69) is 0 Å². The molecule has 0 unspecified atom stereocenters. The van der Waals surface area contributed by atoms with Crippen molar-refractivity contribution in [1.82, 2.24) is 4.90 Å². The first kappa shape index (κ1) is 15.5. The molecule has 0 aromatic heterocycles. The summed E-state index contributed by atoms with van der Waals surface area (Å²) in [5.74, 6) is -0.905. The second-order valence-corrected chi connectivity index (χ2v) is 6.03. The fraction of sp³-hybridized carbons (Fsp3) is 0.529. The highest BCUT2D eigenvalue weighted by Crippen LogP contribution is 2.36. The highest BCUT2D eigenvalue weighted by atomic mass is 16.4. The zero-order chi connectivity index (χ0) is 15.5. The second kappa shape index (κ2) is 6.29. The number of hydrogen-bond acceptors (Lipinski definition) is 2. The molecule has 1 aliphatic carbocycles. The van der Waals surface area contributed by atoms with E-state index >= 15 is 0 Å². The third kappa shape index (κ3) is 3.26. The van der Waals surface area contributed by atoms with E-state index in [0.29, 0.717) is 5.56 Å². The zero-order valence-electron chi connectivity index (χ0n) is 12.8. The van der Waals surface area contributed by atoms with Crippen molar-refractivity contribution in [1.29, 1.82) is 0 Å². The minimum atomic E-state index is -0.832. The molecular weight excluding hydrogens is 266 g/mol. The zero-order valence-corrected chi connectivity index (χ0v) is 12.8. The first-order valence-corrected chi connectivity index (χ1v) is 7.52. The Labute approximate surface area is 125 Å². The van der Waals surface area contributed by atoms with E-state index in [-0.39, 0.29) is 12.3 Å². The molecule has 4 heteroatoms. The lowest BCUT2D eigenvalue weighted by molar-refractivity contribution is -0.140. The van der Waals surface area contributed by atoms with Crippen LogP contribution in [0.5, 0.6) is 0 Å². The van der Waals surface area contributed by atoms with Crippen molar-refractivity contribution in [3.8, 4) is 0 Å². The smallest absolute Gasteiger partial charge is 0.305 e. The van der Waals surface area contributed by atoms with E-state index in [1.807, 2.05) is 31.2 Å². The van der Waals surface area contributed by atoms with Gasteiger partial charge in [-0.15, -0.1) is 0 Å². The summed E-state index contributed by atoms with van der Waals surface area (Å²) in [7, 11) is 1.75. The predicted octanol–water partition coefficient (Wildman–Crippen LogP) is 3.24. The number of carboxylic acid groups (broad SMARTS) is 1. The van der Waals surface area contributed by atoms with Crippen molar-refractivity contribution in [3.63, 3.8) is 0 Å². The number of amides is 1. The van der Waals surface area contributed by atoms with Crippen molar-refractivity contribution >= 4 is 11.9 Å². The Bertz CT molecular complexity index is 533. The van der Waals surface area contributed by atoms with Gasteiger partial charge in [0.25, 0.3) is 5.91 Å². The van der Waals surface area contributed by atoms with Gasteiger partial charge in [0.2, 0.25) is 0 Å². The maximum atomic E-state index is 12.8. The number of aliphatic carboxylic acids is 1. The summed E-state index contributed by atoms with van der Waals surface area (Å²) in [6.07, 6.45) is 4.66. The van der Waals surface area contributed by atoms with E-state index in [1.165, 1.54) is 0 Å². The topological polar surface area (TPSA) is 57.6 Å². The Morgan fingerprint density at radius 1 is 1.19 bits per heavy atom. The minimum absolute atomic E-state index is 0.0289. The molecule has 21 heavy (non-hydrogen) atoms. The van der Waals surface area contributed by atoms with E-state index < -0.39 is 11.5 Å². The van der Waals surface area contributed by atoms with Crippen LogP contribution in [-0.4, -0.2) is 34.5 Å². The van der Waals surface area contributed by atoms with Crippen LogP contribution in [-0.2, 0) is 4.79 Å². The lowest BCUT2D eigenvalue weighted by Gasteiger charge is -2.44. The summed E-state index contributed by atoms with van der Waals surface area (Å²) >= 11 is 0. The van der Waals surface area contributed by atoms with Gasteiger partial charge in [0.1, 0.15) is 0 Å². The maximum Gasteiger partial charge on any atom is 0.305 e. The third-order valence-corrected chi connectivity index (χ3v) is 4.66. The molecule has 4 nitrogen and oxygen atoms in total. The molecule has 0 heterocycles. The van der Waals surface area contributed by atoms with E-state index in [4.69, 9.17) is 0 Å². The van der Waals surface area contributed by atoms with Gasteiger partial charge >= 0.3 is 5.97 Å². The molecule has 0 atom stereocenters. The van der Waals surface area contributed by atoms with Gasteiger partial charge in [-0.3, -0.25) is 9.59 Å². The van der Waals surface area contributed by atoms with Crippen molar-refractivity contribution in [2.24, 2.45) is 0 Å². The molecule has 1 fully saturated rings. The Morgan fingerprint density at radius 2 is 1.81 bits per heavy atom. The van der Waals surface area contributed by atoms with Crippen molar-refractivity contribution in [2.75, 3.05) is 7.05 Å². The molecule has 1 amide bonds. The molecule has 0 spiro atoms. The Hall–Kier alpha value is -1.84. The molecule has 1 aromatic carbocycles. The van der Waals surface area contributed by atoms with Crippen LogP contribution in [0.2, 0.25) is 0 Å². The van der Waals surface area contributed by atoms with Crippen LogP contribution < -0.4 is 0 Å². The maximum absolute atomic E-state index is 12.8. The fourth-order valence-electron chi connectivity index (χ4n) is 3.33. The van der Waals surface area contributed by atoms with Gasteiger partial charge in [-0.25, -0.2) is 0 Å². The van der Waals surface area contributed by atoms with Crippen LogP contribution in [0.15, 0.2) is 24.3 Å². The number of carbonyl (C=O) groups is 2. The number of carbonyl (C=O) groups excluding carboxylic acids is 1. The normalized spacial score (nSPS) is 17.2. The summed E-state index contributed by atoms with van der Waals surface area (Å²) in [6.45, 7) is 1.91. The molecule has 2 rings (SSSR count). The third-order valence-electron chi connectivity index (χ3n) is 4.66. The predicted molar refractivity (Wildman–Crippen MR) is 81.3 cm³/mol. The summed E-state index contributed by atoms with van der Waals surface area (Å²) in [5.41, 5.74) is 1.05. The van der Waals surface area contributed by atoms with Gasteiger partial charge in [0.05, 0.1) is 12.0 Å². The molecular formula is C17H23NO3. The van der Waals surface area contributed by atoms with E-state index in [9.17, 15) is 14.7 Å². The first-order valence-electron chi connectivity index (χ1n) is 7.52. The molecule has 1 saturated carbocycles. The molecule has 1 N–H and O–H groups in total. The standard InChI is InChI=1S/C17H23NO3/c1-13-8-4-5-9-14(13)16(21)18(2)17(12-15(19)20)10-6-3-7-11-17/h4-5,8-9H,3,6-7,10-12H2,1-2H3,(H,19,20). The Kier molecular flexibility index (Phi) is 4.66. The number of nitrogens with zero attached hydrogens (tertiary/aromatic N) is 1. The number of hydrogen-bond donors (Lipinski definition) is 1. The van der Waals surface area contributed by atoms with Crippen molar-refractivity contribution < 1.29 is 14.7 Å². The minimum Gasteiger partial charge on any atom is -0.481 e. The van der Waals surface area contributed by atoms with Crippen LogP contribution in [0.1, 0.15) is 54.4 Å². The fourth-order valence-corrected chi connectivity index (χ4v) is 3.33. The highest BCUT2D eigenvalue weighted by Gasteiger charge is 2.40. The average Bonchev–Trinajstić information content (AvgIpc) is 2.46. The van der Waals surface area contributed by atoms with Crippen molar-refractivity contribution in [2.45, 2.75) is 51.0 Å². The largest absolute Gasteiger partial charge is 0.481 e. The number of aryl methyl sites for hydroxylation is 1. The number of benzene rings is 1. The quantitative estimate of drug-likeness (QED) is 0.925. The first-order chi connectivity index (χ1) is 9.96. The molecule has 0 aliphatic heterocycles. The van der Waals surface area contributed by atoms with Gasteiger partial charge in [-0.1, -0.05) is 37.5 Å². The van der Waals surface area contributed by atoms with Crippen LogP contribution in [0.25, 0.3) is 0 Å². The average molecular weight is 289 g/mol. The molecule has 114 valence electrons. The molecule has 1 aliphatic rings. The lowest BCUT2D eigenvalue weighted by Crippen LogP contribution is -2.52. The summed E-state index contributed by atoms with van der Waals surface area (Å²) in [5, 5.41) is 9.25. The lowest BCUT2D eigenvalue weighted by atomic mass is 9.77.